The Morgan fingerprint density at radius 3 is 2.50 bits per heavy atom. The topological polar surface area (TPSA) is 59.8 Å². The van der Waals surface area contributed by atoms with Gasteiger partial charge in [-0.1, -0.05) is 6.42 Å². The van der Waals surface area contributed by atoms with Crippen molar-refractivity contribution >= 4 is 11.6 Å². The molecule has 0 aliphatic carbocycles. The van der Waals surface area contributed by atoms with E-state index in [0.717, 1.165) is 55.8 Å². The van der Waals surface area contributed by atoms with Gasteiger partial charge in [0.15, 0.2) is 5.82 Å². The molecule has 0 saturated heterocycles. The number of amides is 1. The number of anilines is 1. The second kappa shape index (κ2) is 7.89. The highest BCUT2D eigenvalue weighted by Gasteiger charge is 2.30. The molecular formula is C21H18F4N4O. The molecule has 0 unspecified atom stereocenters. The number of alkyl halides is 3. The summed E-state index contributed by atoms with van der Waals surface area (Å²) in [5.74, 6) is 0.111. The van der Waals surface area contributed by atoms with Crippen molar-refractivity contribution in [3.05, 3.63) is 65.2 Å². The highest BCUT2D eigenvalue weighted by Crippen LogP contribution is 2.30. The molecule has 5 nitrogen and oxygen atoms in total. The second-order valence-corrected chi connectivity index (χ2v) is 7.13. The van der Waals surface area contributed by atoms with Crippen LogP contribution in [0.15, 0.2) is 42.5 Å². The summed E-state index contributed by atoms with van der Waals surface area (Å²) in [4.78, 5) is 12.4. The molecule has 156 valence electrons. The molecule has 9 heteroatoms. The standard InChI is InChI=1S/C21H18F4N4O/c22-17-10-9-15(26-20(30)13-5-7-14(8-6-13)21(23,24)25)12-16(17)19-28-27-18-4-2-1-3-11-29(18)19/h5-10,12H,1-4,11H2,(H,26,30). The lowest BCUT2D eigenvalue weighted by atomic mass is 10.1. The maximum atomic E-state index is 14.5. The Kier molecular flexibility index (Phi) is 5.27. The van der Waals surface area contributed by atoms with E-state index in [0.29, 0.717) is 18.1 Å². The van der Waals surface area contributed by atoms with Crippen LogP contribution in [0.1, 0.15) is 41.0 Å². The molecule has 1 aromatic heterocycles. The van der Waals surface area contributed by atoms with Gasteiger partial charge in [-0.3, -0.25) is 4.79 Å². The Hall–Kier alpha value is -3.23. The molecule has 0 fully saturated rings. The van der Waals surface area contributed by atoms with E-state index in [2.05, 4.69) is 15.5 Å². The van der Waals surface area contributed by atoms with Gasteiger partial charge in [-0.15, -0.1) is 10.2 Å². The largest absolute Gasteiger partial charge is 0.416 e. The van der Waals surface area contributed by atoms with E-state index in [1.165, 1.54) is 18.2 Å². The van der Waals surface area contributed by atoms with Crippen LogP contribution < -0.4 is 5.32 Å². The van der Waals surface area contributed by atoms with Crippen LogP contribution in [0.25, 0.3) is 11.4 Å². The van der Waals surface area contributed by atoms with E-state index in [9.17, 15) is 22.4 Å². The van der Waals surface area contributed by atoms with Gasteiger partial charge in [0.1, 0.15) is 11.6 Å². The van der Waals surface area contributed by atoms with Gasteiger partial charge >= 0.3 is 6.18 Å². The van der Waals surface area contributed by atoms with E-state index >= 15 is 0 Å². The Bertz CT molecular complexity index is 1070. The van der Waals surface area contributed by atoms with Crippen molar-refractivity contribution in [1.82, 2.24) is 14.8 Å². The summed E-state index contributed by atoms with van der Waals surface area (Å²) in [7, 11) is 0. The molecule has 1 aliphatic heterocycles. The molecule has 0 saturated carbocycles. The number of carbonyl (C=O) groups is 1. The molecule has 0 bridgehead atoms. The summed E-state index contributed by atoms with van der Waals surface area (Å²) < 4.78 is 54.5. The maximum Gasteiger partial charge on any atom is 0.416 e. The fourth-order valence-electron chi connectivity index (χ4n) is 3.47. The van der Waals surface area contributed by atoms with E-state index in [1.807, 2.05) is 4.57 Å². The minimum atomic E-state index is -4.48. The zero-order chi connectivity index (χ0) is 21.3. The number of carbonyl (C=O) groups excluding carboxylic acids is 1. The van der Waals surface area contributed by atoms with E-state index in [4.69, 9.17) is 0 Å². The number of aryl methyl sites for hydroxylation is 1. The summed E-state index contributed by atoms with van der Waals surface area (Å²) in [5, 5.41) is 10.9. The highest BCUT2D eigenvalue weighted by atomic mass is 19.4. The third-order valence-corrected chi connectivity index (χ3v) is 5.05. The first kappa shape index (κ1) is 20.1. The number of nitrogens with one attached hydrogen (secondary N) is 1. The molecule has 2 heterocycles. The number of fused-ring (bicyclic) bond motifs is 1. The number of benzene rings is 2. The van der Waals surface area contributed by atoms with Crippen molar-refractivity contribution < 1.29 is 22.4 Å². The molecule has 1 amide bonds. The Labute approximate surface area is 169 Å². The lowest BCUT2D eigenvalue weighted by molar-refractivity contribution is -0.137. The molecule has 30 heavy (non-hydrogen) atoms. The smallest absolute Gasteiger partial charge is 0.322 e. The second-order valence-electron chi connectivity index (χ2n) is 7.13. The monoisotopic (exact) mass is 418 g/mol. The van der Waals surface area contributed by atoms with Crippen LogP contribution >= 0.6 is 0 Å². The third kappa shape index (κ3) is 4.05. The summed E-state index contributed by atoms with van der Waals surface area (Å²) >= 11 is 0. The molecule has 1 aliphatic rings. The molecule has 0 spiro atoms. The van der Waals surface area contributed by atoms with Gasteiger partial charge in [0.25, 0.3) is 5.91 Å². The highest BCUT2D eigenvalue weighted by molar-refractivity contribution is 6.04. The number of rotatable bonds is 3. The van der Waals surface area contributed by atoms with Crippen LogP contribution in [0, 0.1) is 5.82 Å². The first-order valence-electron chi connectivity index (χ1n) is 9.53. The van der Waals surface area contributed by atoms with Gasteiger partial charge in [-0.05, 0) is 55.3 Å². The minimum absolute atomic E-state index is 0.0604. The van der Waals surface area contributed by atoms with E-state index < -0.39 is 23.5 Å². The number of hydrogen-bond acceptors (Lipinski definition) is 3. The molecule has 2 aromatic carbocycles. The SMILES string of the molecule is O=C(Nc1ccc(F)c(-c2nnc3n2CCCCC3)c1)c1ccc(C(F)(F)F)cc1. The van der Waals surface area contributed by atoms with Gasteiger partial charge in [0, 0.05) is 24.2 Å². The van der Waals surface area contributed by atoms with E-state index in [-0.39, 0.29) is 11.1 Å². The first-order valence-corrected chi connectivity index (χ1v) is 9.53. The minimum Gasteiger partial charge on any atom is -0.322 e. The summed E-state index contributed by atoms with van der Waals surface area (Å²) in [6.45, 7) is 0.694. The molecular weight excluding hydrogens is 400 g/mol. The van der Waals surface area contributed by atoms with Crippen LogP contribution in [0.3, 0.4) is 0 Å². The number of aromatic nitrogens is 3. The fourth-order valence-corrected chi connectivity index (χ4v) is 3.47. The number of halogens is 4. The average molecular weight is 418 g/mol. The van der Waals surface area contributed by atoms with Gasteiger partial charge in [0.05, 0.1) is 11.1 Å². The van der Waals surface area contributed by atoms with Gasteiger partial charge in [0.2, 0.25) is 0 Å². The summed E-state index contributed by atoms with van der Waals surface area (Å²) in [6, 6.07) is 7.95. The summed E-state index contributed by atoms with van der Waals surface area (Å²) in [6.07, 6.45) is -0.682. The lowest BCUT2D eigenvalue weighted by Crippen LogP contribution is -2.13. The van der Waals surface area contributed by atoms with Crippen molar-refractivity contribution in [1.29, 1.82) is 0 Å². The first-order chi connectivity index (χ1) is 14.3. The molecule has 1 N–H and O–H groups in total. The van der Waals surface area contributed by atoms with Gasteiger partial charge in [-0.2, -0.15) is 13.2 Å². The third-order valence-electron chi connectivity index (χ3n) is 5.05. The molecule has 0 atom stereocenters. The Balaban J connectivity index is 1.58. The van der Waals surface area contributed by atoms with Crippen molar-refractivity contribution in [2.24, 2.45) is 0 Å². The lowest BCUT2D eigenvalue weighted by Gasteiger charge is -2.11. The molecule has 0 radical (unpaired) electrons. The molecule has 3 aromatic rings. The van der Waals surface area contributed by atoms with Crippen LogP contribution in [-0.4, -0.2) is 20.7 Å². The van der Waals surface area contributed by atoms with Crippen molar-refractivity contribution in [2.75, 3.05) is 5.32 Å². The fraction of sp³-hybridized carbons (Fsp3) is 0.286. The van der Waals surface area contributed by atoms with E-state index in [1.54, 1.807) is 0 Å². The van der Waals surface area contributed by atoms with Crippen LogP contribution in [0.4, 0.5) is 23.2 Å². The van der Waals surface area contributed by atoms with Crippen LogP contribution in [0.2, 0.25) is 0 Å². The zero-order valence-electron chi connectivity index (χ0n) is 15.8. The predicted molar refractivity (Wildman–Crippen MR) is 102 cm³/mol. The van der Waals surface area contributed by atoms with Gasteiger partial charge < -0.3 is 9.88 Å². The van der Waals surface area contributed by atoms with Crippen molar-refractivity contribution in [3.63, 3.8) is 0 Å². The van der Waals surface area contributed by atoms with Crippen LogP contribution in [-0.2, 0) is 19.1 Å². The van der Waals surface area contributed by atoms with Crippen molar-refractivity contribution in [2.45, 2.75) is 38.4 Å². The summed E-state index contributed by atoms with van der Waals surface area (Å²) in [5.41, 5.74) is -0.260. The number of nitrogens with zero attached hydrogens (tertiary/aromatic N) is 3. The Morgan fingerprint density at radius 2 is 1.77 bits per heavy atom. The van der Waals surface area contributed by atoms with Crippen molar-refractivity contribution in [3.8, 4) is 11.4 Å². The zero-order valence-corrected chi connectivity index (χ0v) is 15.8. The quantitative estimate of drug-likeness (QED) is 0.604. The van der Waals surface area contributed by atoms with Crippen LogP contribution in [0.5, 0.6) is 0 Å². The maximum absolute atomic E-state index is 14.5. The Morgan fingerprint density at radius 1 is 1.00 bits per heavy atom. The average Bonchev–Trinajstić information content (AvgIpc) is 2.96. The predicted octanol–water partition coefficient (Wildman–Crippen LogP) is 5.08. The molecule has 4 rings (SSSR count). The number of hydrogen-bond donors (Lipinski definition) is 1. The normalized spacial score (nSPS) is 14.1. The van der Waals surface area contributed by atoms with Gasteiger partial charge in [-0.25, -0.2) is 4.39 Å².